The van der Waals surface area contributed by atoms with E-state index in [1.807, 2.05) is 62.4 Å². The van der Waals surface area contributed by atoms with E-state index >= 15 is 0 Å². The van der Waals surface area contributed by atoms with Gasteiger partial charge < -0.3 is 10.1 Å². The zero-order chi connectivity index (χ0) is 19.1. The third-order valence-corrected chi connectivity index (χ3v) is 4.22. The Morgan fingerprint density at radius 3 is 2.50 bits per heavy atom. The number of carbonyl (C=O) groups is 1. The minimum atomic E-state index is -0.400. The van der Waals surface area contributed by atoms with Gasteiger partial charge in [0, 0.05) is 6.54 Å². The first-order chi connectivity index (χ1) is 12.5. The number of hydrogen-bond acceptors (Lipinski definition) is 3. The molecule has 26 heavy (non-hydrogen) atoms. The molecule has 1 N–H and O–H groups in total. The summed E-state index contributed by atoms with van der Waals surface area (Å²) >= 11 is 0. The second-order valence-corrected chi connectivity index (χ2v) is 6.53. The van der Waals surface area contributed by atoms with Gasteiger partial charge in [0.1, 0.15) is 11.8 Å². The van der Waals surface area contributed by atoms with Gasteiger partial charge in [0.25, 0.3) is 0 Å². The lowest BCUT2D eigenvalue weighted by Gasteiger charge is -2.30. The summed E-state index contributed by atoms with van der Waals surface area (Å²) in [6.07, 6.45) is 0. The van der Waals surface area contributed by atoms with E-state index in [4.69, 9.17) is 4.74 Å². The molecule has 0 fully saturated rings. The molecule has 0 bridgehead atoms. The predicted molar refractivity (Wildman–Crippen MR) is 108 cm³/mol. The normalized spacial score (nSPS) is 11.9. The maximum absolute atomic E-state index is 13.2. The smallest absolute Gasteiger partial charge is 0.246 e. The van der Waals surface area contributed by atoms with Gasteiger partial charge in [0.15, 0.2) is 0 Å². The largest absolute Gasteiger partial charge is 0.495 e. The summed E-state index contributed by atoms with van der Waals surface area (Å²) in [7, 11) is 1.61. The number of nitrogens with zero attached hydrogens (tertiary/aromatic N) is 1. The van der Waals surface area contributed by atoms with Gasteiger partial charge in [-0.05, 0) is 43.7 Å². The molecule has 4 heteroatoms. The van der Waals surface area contributed by atoms with Crippen molar-refractivity contribution in [3.8, 4) is 5.75 Å². The highest BCUT2D eigenvalue weighted by Crippen LogP contribution is 2.28. The molecule has 2 rings (SSSR count). The minimum absolute atomic E-state index is 0.0804. The van der Waals surface area contributed by atoms with Crippen LogP contribution in [0.5, 0.6) is 5.75 Å². The number of likely N-dealkylation sites (N-methyl/N-ethyl adjacent to an activating group) is 1. The van der Waals surface area contributed by atoms with Gasteiger partial charge in [-0.15, -0.1) is 0 Å². The first-order valence-corrected chi connectivity index (χ1v) is 8.85. The Labute approximate surface area is 156 Å². The third kappa shape index (κ3) is 4.96. The fraction of sp³-hybridized carbons (Fsp3) is 0.318. The molecular weight excluding hydrogens is 324 g/mol. The number of aryl methyl sites for hydroxylation is 1. The molecule has 0 heterocycles. The molecule has 0 saturated carbocycles. The molecule has 4 nitrogen and oxygen atoms in total. The topological polar surface area (TPSA) is 41.6 Å². The van der Waals surface area contributed by atoms with Crippen LogP contribution in [0.15, 0.2) is 60.7 Å². The van der Waals surface area contributed by atoms with Crippen molar-refractivity contribution in [2.45, 2.75) is 26.8 Å². The lowest BCUT2D eigenvalue weighted by molar-refractivity contribution is -0.121. The van der Waals surface area contributed by atoms with Crippen LogP contribution in [0, 0.1) is 6.92 Å². The van der Waals surface area contributed by atoms with Gasteiger partial charge in [-0.2, -0.15) is 0 Å². The van der Waals surface area contributed by atoms with Crippen LogP contribution >= 0.6 is 0 Å². The molecule has 1 atom stereocenters. The number of amides is 1. The number of rotatable bonds is 8. The maximum atomic E-state index is 13.2. The first kappa shape index (κ1) is 19.7. The van der Waals surface area contributed by atoms with Gasteiger partial charge in [0.05, 0.1) is 12.8 Å². The van der Waals surface area contributed by atoms with E-state index in [0.717, 1.165) is 23.2 Å². The number of methoxy groups -OCH3 is 1. The predicted octanol–water partition coefficient (Wildman–Crippen LogP) is 4.58. The van der Waals surface area contributed by atoms with Gasteiger partial charge in [-0.3, -0.25) is 9.69 Å². The monoisotopic (exact) mass is 352 g/mol. The molecule has 0 aliphatic rings. The van der Waals surface area contributed by atoms with E-state index in [1.165, 1.54) is 0 Å². The summed E-state index contributed by atoms with van der Waals surface area (Å²) in [5, 5.41) is 3.05. The SMILES string of the molecule is C=C(C)CN(CC)C(C(=O)Nc1cc(C)ccc1OC)c1ccccc1. The molecule has 1 amide bonds. The van der Waals surface area contributed by atoms with E-state index in [2.05, 4.69) is 23.7 Å². The lowest BCUT2D eigenvalue weighted by atomic mass is 10.0. The quantitative estimate of drug-likeness (QED) is 0.707. The Morgan fingerprint density at radius 1 is 1.23 bits per heavy atom. The summed E-state index contributed by atoms with van der Waals surface area (Å²) in [6.45, 7) is 11.4. The van der Waals surface area contributed by atoms with Crippen molar-refractivity contribution in [3.63, 3.8) is 0 Å². The fourth-order valence-electron chi connectivity index (χ4n) is 3.02. The van der Waals surface area contributed by atoms with Crippen molar-refractivity contribution in [1.82, 2.24) is 4.90 Å². The van der Waals surface area contributed by atoms with Crippen LogP contribution in [0.3, 0.4) is 0 Å². The number of carbonyl (C=O) groups excluding carboxylic acids is 1. The molecule has 0 aromatic heterocycles. The number of nitrogens with one attached hydrogen (secondary N) is 1. The molecule has 0 spiro atoms. The number of anilines is 1. The second kappa shape index (κ2) is 9.20. The zero-order valence-electron chi connectivity index (χ0n) is 16.1. The van der Waals surface area contributed by atoms with E-state index in [1.54, 1.807) is 7.11 Å². The van der Waals surface area contributed by atoms with Crippen LogP contribution in [-0.4, -0.2) is 31.0 Å². The van der Waals surface area contributed by atoms with E-state index < -0.39 is 6.04 Å². The average molecular weight is 352 g/mol. The van der Waals surface area contributed by atoms with Crippen LogP contribution in [-0.2, 0) is 4.79 Å². The van der Waals surface area contributed by atoms with Crippen LogP contribution in [0.1, 0.15) is 31.0 Å². The summed E-state index contributed by atoms with van der Waals surface area (Å²) in [5.74, 6) is 0.571. The van der Waals surface area contributed by atoms with Gasteiger partial charge in [-0.25, -0.2) is 0 Å². The van der Waals surface area contributed by atoms with Crippen molar-refractivity contribution >= 4 is 11.6 Å². The van der Waals surface area contributed by atoms with Gasteiger partial charge in [-0.1, -0.05) is 55.5 Å². The highest BCUT2D eigenvalue weighted by Gasteiger charge is 2.27. The molecule has 0 aliphatic carbocycles. The fourth-order valence-corrected chi connectivity index (χ4v) is 3.02. The molecule has 138 valence electrons. The standard InChI is InChI=1S/C22H28N2O2/c1-6-24(15-16(2)3)21(18-10-8-7-9-11-18)22(25)23-19-14-17(4)12-13-20(19)26-5/h7-14,21H,2,6,15H2,1,3-5H3,(H,23,25). The van der Waals surface area contributed by atoms with Crippen molar-refractivity contribution < 1.29 is 9.53 Å². The molecule has 2 aromatic carbocycles. The Hall–Kier alpha value is -2.59. The van der Waals surface area contributed by atoms with E-state index in [0.29, 0.717) is 18.0 Å². The Kier molecular flexibility index (Phi) is 6.98. The molecular formula is C22H28N2O2. The molecule has 1 unspecified atom stereocenters. The number of ether oxygens (including phenoxy) is 1. The molecule has 0 aliphatic heterocycles. The highest BCUT2D eigenvalue weighted by atomic mass is 16.5. The van der Waals surface area contributed by atoms with Crippen LogP contribution in [0.25, 0.3) is 0 Å². The Bertz CT molecular complexity index is 756. The lowest BCUT2D eigenvalue weighted by Crippen LogP contribution is -2.38. The van der Waals surface area contributed by atoms with Crippen molar-refractivity contribution in [3.05, 3.63) is 71.8 Å². The summed E-state index contributed by atoms with van der Waals surface area (Å²) < 4.78 is 5.40. The summed E-state index contributed by atoms with van der Waals surface area (Å²) in [4.78, 5) is 15.4. The van der Waals surface area contributed by atoms with Crippen LogP contribution in [0.2, 0.25) is 0 Å². The Balaban J connectivity index is 2.37. The third-order valence-electron chi connectivity index (χ3n) is 4.22. The molecule has 2 aromatic rings. The minimum Gasteiger partial charge on any atom is -0.495 e. The van der Waals surface area contributed by atoms with Gasteiger partial charge >= 0.3 is 0 Å². The number of hydrogen-bond donors (Lipinski definition) is 1. The van der Waals surface area contributed by atoms with Crippen LogP contribution in [0.4, 0.5) is 5.69 Å². The average Bonchev–Trinajstić information content (AvgIpc) is 2.62. The van der Waals surface area contributed by atoms with E-state index in [9.17, 15) is 4.79 Å². The molecule has 0 radical (unpaired) electrons. The first-order valence-electron chi connectivity index (χ1n) is 8.85. The zero-order valence-corrected chi connectivity index (χ0v) is 16.1. The van der Waals surface area contributed by atoms with E-state index in [-0.39, 0.29) is 5.91 Å². The van der Waals surface area contributed by atoms with Crippen molar-refractivity contribution in [2.75, 3.05) is 25.5 Å². The van der Waals surface area contributed by atoms with Gasteiger partial charge in [0.2, 0.25) is 5.91 Å². The Morgan fingerprint density at radius 2 is 1.92 bits per heavy atom. The molecule has 0 saturated heterocycles. The van der Waals surface area contributed by atoms with Crippen LogP contribution < -0.4 is 10.1 Å². The number of benzene rings is 2. The van der Waals surface area contributed by atoms with Crippen molar-refractivity contribution in [1.29, 1.82) is 0 Å². The van der Waals surface area contributed by atoms with Crippen molar-refractivity contribution in [2.24, 2.45) is 0 Å². The summed E-state index contributed by atoms with van der Waals surface area (Å²) in [6, 6.07) is 15.2. The maximum Gasteiger partial charge on any atom is 0.246 e. The second-order valence-electron chi connectivity index (χ2n) is 6.53. The summed E-state index contributed by atoms with van der Waals surface area (Å²) in [5.41, 5.74) is 3.73. The highest BCUT2D eigenvalue weighted by molar-refractivity contribution is 5.96.